The standard InChI is InChI=1S/C27H23F2N3O3/c1-16-11-17(4-6-19(16)27(34)35)13-25(33)31-10-8-20-21-3-2-9-30-26(21)32(24(20)15-31)14-18-5-7-22(28)23(29)12-18/h2-7,9,11-12H,8,10,13-15H2,1H3,(H,34,35). The molecule has 4 aromatic rings. The zero-order valence-corrected chi connectivity index (χ0v) is 19.1. The Bertz CT molecular complexity index is 1480. The van der Waals surface area contributed by atoms with Crippen LogP contribution in [0.15, 0.2) is 54.7 Å². The third-order valence-electron chi connectivity index (χ3n) is 6.57. The Morgan fingerprint density at radius 2 is 1.86 bits per heavy atom. The van der Waals surface area contributed by atoms with E-state index in [-0.39, 0.29) is 17.9 Å². The second-order valence-corrected chi connectivity index (χ2v) is 8.83. The van der Waals surface area contributed by atoms with Gasteiger partial charge in [-0.25, -0.2) is 18.6 Å². The number of fused-ring (bicyclic) bond motifs is 3. The molecule has 8 heteroatoms. The first-order chi connectivity index (χ1) is 16.8. The topological polar surface area (TPSA) is 75.4 Å². The van der Waals surface area contributed by atoms with E-state index in [9.17, 15) is 23.5 Å². The predicted octanol–water partition coefficient (Wildman–Crippen LogP) is 4.50. The number of hydrogen-bond donors (Lipinski definition) is 1. The molecule has 0 radical (unpaired) electrons. The number of aryl methyl sites for hydroxylation is 1. The summed E-state index contributed by atoms with van der Waals surface area (Å²) >= 11 is 0. The largest absolute Gasteiger partial charge is 0.478 e. The number of carboxylic acid groups (broad SMARTS) is 1. The van der Waals surface area contributed by atoms with E-state index in [4.69, 9.17) is 0 Å². The Morgan fingerprint density at radius 3 is 2.60 bits per heavy atom. The molecule has 0 aliphatic carbocycles. The van der Waals surface area contributed by atoms with E-state index < -0.39 is 17.6 Å². The predicted molar refractivity (Wildman–Crippen MR) is 126 cm³/mol. The number of nitrogens with zero attached hydrogens (tertiary/aromatic N) is 3. The molecule has 1 N–H and O–H groups in total. The molecule has 0 atom stereocenters. The molecular weight excluding hydrogens is 452 g/mol. The van der Waals surface area contributed by atoms with Crippen LogP contribution in [0.2, 0.25) is 0 Å². The zero-order valence-electron chi connectivity index (χ0n) is 19.1. The van der Waals surface area contributed by atoms with Crippen LogP contribution < -0.4 is 0 Å². The molecular formula is C27H23F2N3O3. The Kier molecular flexibility index (Phi) is 5.80. The minimum absolute atomic E-state index is 0.0595. The smallest absolute Gasteiger partial charge is 0.335 e. The first kappa shape index (κ1) is 22.7. The van der Waals surface area contributed by atoms with Gasteiger partial charge in [-0.15, -0.1) is 0 Å². The normalized spacial score (nSPS) is 13.2. The van der Waals surface area contributed by atoms with E-state index >= 15 is 0 Å². The van der Waals surface area contributed by atoms with E-state index in [0.717, 1.165) is 33.9 Å². The SMILES string of the molecule is Cc1cc(CC(=O)N2CCc3c(n(Cc4ccc(F)c(F)c4)c4ncccc34)C2)ccc1C(=O)O. The highest BCUT2D eigenvalue weighted by molar-refractivity contribution is 5.89. The highest BCUT2D eigenvalue weighted by Crippen LogP contribution is 2.31. The van der Waals surface area contributed by atoms with Gasteiger partial charge in [0.15, 0.2) is 11.6 Å². The average Bonchev–Trinajstić information content (AvgIpc) is 3.14. The van der Waals surface area contributed by atoms with Crippen LogP contribution in [0.5, 0.6) is 0 Å². The minimum atomic E-state index is -0.994. The van der Waals surface area contributed by atoms with Gasteiger partial charge in [-0.3, -0.25) is 4.79 Å². The number of carbonyl (C=O) groups excluding carboxylic acids is 1. The first-order valence-electron chi connectivity index (χ1n) is 11.3. The summed E-state index contributed by atoms with van der Waals surface area (Å²) in [5.41, 5.74) is 4.98. The van der Waals surface area contributed by atoms with Gasteiger partial charge in [0.2, 0.25) is 5.91 Å². The van der Waals surface area contributed by atoms with Crippen LogP contribution in [0, 0.1) is 18.6 Å². The Hall–Kier alpha value is -4.07. The van der Waals surface area contributed by atoms with Gasteiger partial charge in [-0.2, -0.15) is 0 Å². The third kappa shape index (κ3) is 4.27. The fourth-order valence-electron chi connectivity index (χ4n) is 4.83. The molecule has 1 aliphatic rings. The molecule has 0 unspecified atom stereocenters. The van der Waals surface area contributed by atoms with Gasteiger partial charge < -0.3 is 14.6 Å². The van der Waals surface area contributed by atoms with Gasteiger partial charge in [0.1, 0.15) is 5.65 Å². The van der Waals surface area contributed by atoms with Gasteiger partial charge in [-0.1, -0.05) is 18.2 Å². The number of amides is 1. The third-order valence-corrected chi connectivity index (χ3v) is 6.57. The van der Waals surface area contributed by atoms with Gasteiger partial charge >= 0.3 is 5.97 Å². The van der Waals surface area contributed by atoms with E-state index in [0.29, 0.717) is 37.2 Å². The van der Waals surface area contributed by atoms with Gasteiger partial charge in [0, 0.05) is 30.4 Å². The molecule has 0 spiro atoms. The summed E-state index contributed by atoms with van der Waals surface area (Å²) in [4.78, 5) is 30.8. The van der Waals surface area contributed by atoms with E-state index in [2.05, 4.69) is 4.98 Å². The van der Waals surface area contributed by atoms with Crippen LogP contribution in [-0.4, -0.2) is 38.0 Å². The van der Waals surface area contributed by atoms with Crippen LogP contribution in [0.3, 0.4) is 0 Å². The maximum atomic E-state index is 13.8. The van der Waals surface area contributed by atoms with Gasteiger partial charge in [-0.05, 0) is 65.9 Å². The number of carbonyl (C=O) groups is 2. The van der Waals surface area contributed by atoms with Crippen molar-refractivity contribution in [2.45, 2.75) is 32.9 Å². The Balaban J connectivity index is 1.43. The lowest BCUT2D eigenvalue weighted by Crippen LogP contribution is -2.37. The average molecular weight is 475 g/mol. The summed E-state index contributed by atoms with van der Waals surface area (Å²) < 4.78 is 29.3. The summed E-state index contributed by atoms with van der Waals surface area (Å²) in [5, 5.41) is 10.2. The zero-order chi connectivity index (χ0) is 24.7. The number of benzene rings is 2. The van der Waals surface area contributed by atoms with Crippen molar-refractivity contribution in [1.29, 1.82) is 0 Å². The summed E-state index contributed by atoms with van der Waals surface area (Å²) in [6.45, 7) is 2.95. The Labute approximate surface area is 200 Å². The molecule has 2 aromatic heterocycles. The van der Waals surface area contributed by atoms with Crippen molar-refractivity contribution in [2.75, 3.05) is 6.54 Å². The lowest BCUT2D eigenvalue weighted by Gasteiger charge is -2.29. The van der Waals surface area contributed by atoms with Crippen molar-refractivity contribution < 1.29 is 23.5 Å². The highest BCUT2D eigenvalue weighted by atomic mass is 19.2. The number of aromatic carboxylic acids is 1. The number of aromatic nitrogens is 2. The quantitative estimate of drug-likeness (QED) is 0.461. The Morgan fingerprint density at radius 1 is 1.06 bits per heavy atom. The van der Waals surface area contributed by atoms with Crippen molar-refractivity contribution >= 4 is 22.9 Å². The summed E-state index contributed by atoms with van der Waals surface area (Å²) in [5.74, 6) is -2.85. The molecule has 1 aliphatic heterocycles. The second-order valence-electron chi connectivity index (χ2n) is 8.83. The fourth-order valence-corrected chi connectivity index (χ4v) is 4.83. The molecule has 5 rings (SSSR count). The molecule has 1 amide bonds. The van der Waals surface area contributed by atoms with Crippen LogP contribution in [0.4, 0.5) is 8.78 Å². The number of hydrogen-bond acceptors (Lipinski definition) is 3. The van der Waals surface area contributed by atoms with E-state index in [1.165, 1.54) is 12.1 Å². The maximum Gasteiger partial charge on any atom is 0.335 e. The molecule has 6 nitrogen and oxygen atoms in total. The fraction of sp³-hybridized carbons (Fsp3) is 0.222. The molecule has 2 aromatic carbocycles. The molecule has 35 heavy (non-hydrogen) atoms. The minimum Gasteiger partial charge on any atom is -0.478 e. The summed E-state index contributed by atoms with van der Waals surface area (Å²) in [6, 6.07) is 12.6. The second kappa shape index (κ2) is 8.94. The van der Waals surface area contributed by atoms with E-state index in [1.807, 2.05) is 16.7 Å². The van der Waals surface area contributed by atoms with Crippen molar-refractivity contribution in [3.8, 4) is 0 Å². The number of rotatable bonds is 5. The number of carboxylic acids is 1. The molecule has 0 saturated carbocycles. The summed E-state index contributed by atoms with van der Waals surface area (Å²) in [7, 11) is 0. The van der Waals surface area contributed by atoms with Crippen LogP contribution >= 0.6 is 0 Å². The van der Waals surface area contributed by atoms with Crippen LogP contribution in [0.25, 0.3) is 11.0 Å². The van der Waals surface area contributed by atoms with E-state index in [1.54, 1.807) is 36.2 Å². The van der Waals surface area contributed by atoms with Gasteiger partial charge in [0.25, 0.3) is 0 Å². The molecule has 0 bridgehead atoms. The van der Waals surface area contributed by atoms with Crippen molar-refractivity contribution in [3.63, 3.8) is 0 Å². The first-order valence-corrected chi connectivity index (χ1v) is 11.3. The number of pyridine rings is 1. The molecule has 3 heterocycles. The lowest BCUT2D eigenvalue weighted by atomic mass is 10.0. The lowest BCUT2D eigenvalue weighted by molar-refractivity contribution is -0.131. The maximum absolute atomic E-state index is 13.8. The van der Waals surface area contributed by atoms with Crippen molar-refractivity contribution in [3.05, 3.63) is 99.9 Å². The van der Waals surface area contributed by atoms with Crippen molar-refractivity contribution in [2.24, 2.45) is 0 Å². The monoisotopic (exact) mass is 475 g/mol. The molecule has 0 fully saturated rings. The van der Waals surface area contributed by atoms with Crippen LogP contribution in [0.1, 0.15) is 38.3 Å². The van der Waals surface area contributed by atoms with Crippen molar-refractivity contribution in [1.82, 2.24) is 14.5 Å². The highest BCUT2D eigenvalue weighted by Gasteiger charge is 2.27. The molecule has 0 saturated heterocycles. The number of halogens is 2. The van der Waals surface area contributed by atoms with Crippen LogP contribution in [-0.2, 0) is 30.7 Å². The summed E-state index contributed by atoms with van der Waals surface area (Å²) in [6.07, 6.45) is 2.52. The molecule has 178 valence electrons. The van der Waals surface area contributed by atoms with Gasteiger partial charge in [0.05, 0.1) is 18.5 Å².